The third-order valence-corrected chi connectivity index (χ3v) is 3.50. The molecule has 2 rings (SSSR count). The zero-order valence-electron chi connectivity index (χ0n) is 7.42. The Balaban J connectivity index is 2.25. The van der Waals surface area contributed by atoms with Crippen LogP contribution >= 0.6 is 0 Å². The van der Waals surface area contributed by atoms with Crippen LogP contribution in [-0.4, -0.2) is 22.4 Å². The molecule has 0 spiro atoms. The van der Waals surface area contributed by atoms with Crippen LogP contribution in [0, 0.1) is 5.92 Å². The Kier molecular flexibility index (Phi) is 1.16. The van der Waals surface area contributed by atoms with Crippen LogP contribution in [0.4, 0.5) is 0 Å². The highest BCUT2D eigenvalue weighted by Crippen LogP contribution is 2.54. The Bertz CT molecular complexity index is 212. The minimum Gasteiger partial charge on any atom is -0.330 e. The maximum Gasteiger partial charge on any atom is 0.223 e. The van der Waals surface area contributed by atoms with Gasteiger partial charge in [0.15, 0.2) is 0 Å². The summed E-state index contributed by atoms with van der Waals surface area (Å²) in [5.41, 5.74) is 0.275. The highest BCUT2D eigenvalue weighted by Gasteiger charge is 2.67. The summed E-state index contributed by atoms with van der Waals surface area (Å²) < 4.78 is 0. The van der Waals surface area contributed by atoms with Crippen LogP contribution in [0.15, 0.2) is 0 Å². The van der Waals surface area contributed by atoms with Crippen molar-refractivity contribution in [3.05, 3.63) is 0 Å². The average molecular weight is 153 g/mol. The van der Waals surface area contributed by atoms with Crippen molar-refractivity contribution in [2.75, 3.05) is 0 Å². The number of fused-ring (bicyclic) bond motifs is 1. The number of carbonyl (C=O) groups is 1. The smallest absolute Gasteiger partial charge is 0.223 e. The largest absolute Gasteiger partial charge is 0.330 e. The van der Waals surface area contributed by atoms with Gasteiger partial charge in [-0.2, -0.15) is 0 Å². The second-order valence-electron chi connectivity index (χ2n) is 4.09. The lowest BCUT2D eigenvalue weighted by Crippen LogP contribution is -2.21. The van der Waals surface area contributed by atoms with Gasteiger partial charge in [0.25, 0.3) is 0 Å². The van der Waals surface area contributed by atoms with E-state index in [1.165, 1.54) is 0 Å². The summed E-state index contributed by atoms with van der Waals surface area (Å²) in [5.74, 6) is 0.996. The lowest BCUT2D eigenvalue weighted by atomic mass is 9.89. The van der Waals surface area contributed by atoms with E-state index in [-0.39, 0.29) is 5.54 Å². The summed E-state index contributed by atoms with van der Waals surface area (Å²) in [6, 6.07) is 0.517. The molecule has 0 N–H and O–H groups in total. The fourth-order valence-electron chi connectivity index (χ4n) is 2.75. The molecule has 0 bridgehead atoms. The van der Waals surface area contributed by atoms with Gasteiger partial charge in [-0.25, -0.2) is 0 Å². The van der Waals surface area contributed by atoms with Gasteiger partial charge in [0.05, 0.1) is 11.6 Å². The molecule has 0 aliphatic carbocycles. The standard InChI is InChI=1S/C9H15NO/c1-6(2)9-5-4-8(11)10(9)7(9)3/h6-7H,4-5H2,1-3H3. The number of amides is 1. The van der Waals surface area contributed by atoms with E-state index in [0.29, 0.717) is 17.9 Å². The zero-order valence-corrected chi connectivity index (χ0v) is 7.42. The van der Waals surface area contributed by atoms with Crippen molar-refractivity contribution in [1.29, 1.82) is 0 Å². The number of rotatable bonds is 1. The predicted molar refractivity (Wildman–Crippen MR) is 43.1 cm³/mol. The molecule has 2 aliphatic rings. The van der Waals surface area contributed by atoms with Gasteiger partial charge in [0, 0.05) is 6.42 Å². The molecule has 0 aromatic heterocycles. The maximum absolute atomic E-state index is 11.3. The highest BCUT2D eigenvalue weighted by atomic mass is 16.2. The first-order valence-corrected chi connectivity index (χ1v) is 4.43. The first-order chi connectivity index (χ1) is 5.10. The van der Waals surface area contributed by atoms with Crippen molar-refractivity contribution in [2.45, 2.75) is 45.2 Å². The Labute approximate surface area is 67.6 Å². The fraction of sp³-hybridized carbons (Fsp3) is 0.889. The summed E-state index contributed by atoms with van der Waals surface area (Å²) >= 11 is 0. The molecule has 0 aromatic carbocycles. The van der Waals surface area contributed by atoms with Crippen molar-refractivity contribution in [2.24, 2.45) is 5.92 Å². The summed E-state index contributed by atoms with van der Waals surface area (Å²) in [7, 11) is 0. The molecule has 2 atom stereocenters. The van der Waals surface area contributed by atoms with Gasteiger partial charge >= 0.3 is 0 Å². The normalized spacial score (nSPS) is 41.6. The molecule has 0 radical (unpaired) electrons. The van der Waals surface area contributed by atoms with E-state index in [0.717, 1.165) is 12.8 Å². The molecule has 2 fully saturated rings. The van der Waals surface area contributed by atoms with Gasteiger partial charge in [0.2, 0.25) is 5.91 Å². The molecule has 0 aromatic rings. The van der Waals surface area contributed by atoms with Crippen LogP contribution < -0.4 is 0 Å². The van der Waals surface area contributed by atoms with E-state index in [9.17, 15) is 4.79 Å². The van der Waals surface area contributed by atoms with Crippen LogP contribution in [0.5, 0.6) is 0 Å². The number of nitrogens with zero attached hydrogens (tertiary/aromatic N) is 1. The van der Waals surface area contributed by atoms with Crippen LogP contribution in [-0.2, 0) is 4.79 Å². The maximum atomic E-state index is 11.3. The molecular weight excluding hydrogens is 138 g/mol. The van der Waals surface area contributed by atoms with Crippen LogP contribution in [0.1, 0.15) is 33.6 Å². The summed E-state index contributed by atoms with van der Waals surface area (Å²) in [5, 5.41) is 0. The van der Waals surface area contributed by atoms with E-state index in [2.05, 4.69) is 25.7 Å². The van der Waals surface area contributed by atoms with Gasteiger partial charge in [-0.3, -0.25) is 4.79 Å². The van der Waals surface area contributed by atoms with Gasteiger partial charge in [0.1, 0.15) is 0 Å². The second kappa shape index (κ2) is 1.79. The minimum absolute atomic E-state index is 0.275. The highest BCUT2D eigenvalue weighted by molar-refractivity contribution is 5.84. The molecule has 11 heavy (non-hydrogen) atoms. The predicted octanol–water partition coefficient (Wildman–Crippen LogP) is 1.41. The average Bonchev–Trinajstić information content (AvgIpc) is 2.32. The first-order valence-electron chi connectivity index (χ1n) is 4.43. The number of hydrogen-bond donors (Lipinski definition) is 0. The quantitative estimate of drug-likeness (QED) is 0.521. The van der Waals surface area contributed by atoms with Crippen LogP contribution in [0.3, 0.4) is 0 Å². The summed E-state index contributed by atoms with van der Waals surface area (Å²) in [4.78, 5) is 13.3. The Morgan fingerprint density at radius 3 is 2.55 bits per heavy atom. The zero-order chi connectivity index (χ0) is 8.22. The van der Waals surface area contributed by atoms with Gasteiger partial charge < -0.3 is 4.90 Å². The van der Waals surface area contributed by atoms with E-state index < -0.39 is 0 Å². The monoisotopic (exact) mass is 153 g/mol. The molecule has 2 heteroatoms. The van der Waals surface area contributed by atoms with Crippen LogP contribution in [0.25, 0.3) is 0 Å². The molecule has 2 unspecified atom stereocenters. The number of piperidine rings is 1. The fourth-order valence-corrected chi connectivity index (χ4v) is 2.75. The topological polar surface area (TPSA) is 20.1 Å². The van der Waals surface area contributed by atoms with Gasteiger partial charge in [-0.15, -0.1) is 0 Å². The molecule has 2 saturated heterocycles. The Morgan fingerprint density at radius 2 is 2.27 bits per heavy atom. The number of carbonyl (C=O) groups excluding carboxylic acids is 1. The second-order valence-corrected chi connectivity index (χ2v) is 4.09. The van der Waals surface area contributed by atoms with Crippen LogP contribution in [0.2, 0.25) is 0 Å². The summed E-state index contributed by atoms with van der Waals surface area (Å²) in [6.45, 7) is 6.60. The van der Waals surface area contributed by atoms with E-state index in [4.69, 9.17) is 0 Å². The lowest BCUT2D eigenvalue weighted by molar-refractivity contribution is -0.124. The molecule has 1 amide bonds. The van der Waals surface area contributed by atoms with E-state index >= 15 is 0 Å². The molecular formula is C9H15NO. The SMILES string of the molecule is CC(C)C12CCC(=O)N1C2C. The molecule has 2 heterocycles. The van der Waals surface area contributed by atoms with E-state index in [1.807, 2.05) is 0 Å². The summed E-state index contributed by atoms with van der Waals surface area (Å²) in [6.07, 6.45) is 1.87. The third kappa shape index (κ3) is 0.608. The van der Waals surface area contributed by atoms with E-state index in [1.54, 1.807) is 0 Å². The third-order valence-electron chi connectivity index (χ3n) is 3.50. The first kappa shape index (κ1) is 7.14. The van der Waals surface area contributed by atoms with Gasteiger partial charge in [-0.05, 0) is 19.3 Å². The molecule has 2 aliphatic heterocycles. The van der Waals surface area contributed by atoms with Crippen molar-refractivity contribution in [3.63, 3.8) is 0 Å². The molecule has 2 nitrogen and oxygen atoms in total. The number of hydrogen-bond acceptors (Lipinski definition) is 1. The van der Waals surface area contributed by atoms with Crippen molar-refractivity contribution in [3.8, 4) is 0 Å². The van der Waals surface area contributed by atoms with Gasteiger partial charge in [-0.1, -0.05) is 13.8 Å². The Hall–Kier alpha value is -0.530. The van der Waals surface area contributed by atoms with Crippen molar-refractivity contribution >= 4 is 5.91 Å². The molecule has 0 saturated carbocycles. The lowest BCUT2D eigenvalue weighted by Gasteiger charge is -2.14. The van der Waals surface area contributed by atoms with Crippen molar-refractivity contribution < 1.29 is 4.79 Å². The minimum atomic E-state index is 0.275. The van der Waals surface area contributed by atoms with Crippen molar-refractivity contribution in [1.82, 2.24) is 4.90 Å². The Morgan fingerprint density at radius 1 is 1.64 bits per heavy atom. The molecule has 62 valence electrons.